The third kappa shape index (κ3) is 6.97. The van der Waals surface area contributed by atoms with Crippen molar-refractivity contribution in [3.05, 3.63) is 58.1 Å². The molecule has 0 aliphatic carbocycles. The second kappa shape index (κ2) is 12.4. The highest BCUT2D eigenvalue weighted by Gasteiger charge is 2.33. The molecule has 0 bridgehead atoms. The van der Waals surface area contributed by atoms with Crippen LogP contribution in [-0.2, 0) is 19.2 Å². The van der Waals surface area contributed by atoms with Gasteiger partial charge in [0.15, 0.2) is 0 Å². The number of carbonyl (C=O) groups excluding carboxylic acids is 4. The number of thiocarbonyl (C=S) groups is 2. The van der Waals surface area contributed by atoms with E-state index in [1.165, 1.54) is 34.1 Å². The number of furan rings is 2. The first kappa shape index (κ1) is 26.9. The van der Waals surface area contributed by atoms with Crippen LogP contribution in [-0.4, -0.2) is 55.2 Å². The van der Waals surface area contributed by atoms with Crippen molar-refractivity contribution in [3.8, 4) is 0 Å². The van der Waals surface area contributed by atoms with Crippen molar-refractivity contribution in [2.75, 3.05) is 13.1 Å². The molecule has 4 rings (SSSR count). The molecule has 2 aliphatic heterocycles. The summed E-state index contributed by atoms with van der Waals surface area (Å²) in [6.45, 7) is 0.337. The van der Waals surface area contributed by atoms with Crippen molar-refractivity contribution in [1.82, 2.24) is 20.7 Å². The van der Waals surface area contributed by atoms with Gasteiger partial charge in [0, 0.05) is 38.1 Å². The van der Waals surface area contributed by atoms with Gasteiger partial charge in [-0.25, -0.2) is 0 Å². The molecule has 0 unspecified atom stereocenters. The summed E-state index contributed by atoms with van der Waals surface area (Å²) in [4.78, 5) is 53.0. The molecule has 192 valence electrons. The maximum Gasteiger partial charge on any atom is 0.266 e. The van der Waals surface area contributed by atoms with Gasteiger partial charge in [0.1, 0.15) is 20.2 Å². The van der Waals surface area contributed by atoms with E-state index >= 15 is 0 Å². The monoisotopic (exact) mass is 576 g/mol. The van der Waals surface area contributed by atoms with Crippen LogP contribution in [0.3, 0.4) is 0 Å². The number of thioether (sulfide) groups is 2. The van der Waals surface area contributed by atoms with E-state index < -0.39 is 11.8 Å². The van der Waals surface area contributed by atoms with Gasteiger partial charge < -0.3 is 8.83 Å². The number of nitrogens with zero attached hydrogens (tertiary/aromatic N) is 2. The number of rotatable bonds is 9. The predicted octanol–water partition coefficient (Wildman–Crippen LogP) is 3.29. The Morgan fingerprint density at radius 1 is 0.811 bits per heavy atom. The maximum absolute atomic E-state index is 12.6. The minimum absolute atomic E-state index is 0.0562. The average Bonchev–Trinajstić information content (AvgIpc) is 3.66. The SMILES string of the molecule is O=C(CCCN1C(=O)/C(=C\c2ccco2)SC1=S)NNC(=O)CCN1C(=O)/C(=C\c2ccco2)SC1=S. The van der Waals surface area contributed by atoms with Crippen LogP contribution in [0.4, 0.5) is 0 Å². The fourth-order valence-electron chi connectivity index (χ4n) is 3.27. The summed E-state index contributed by atoms with van der Waals surface area (Å²) in [5, 5.41) is 0. The van der Waals surface area contributed by atoms with Gasteiger partial charge in [0.25, 0.3) is 11.8 Å². The molecule has 0 aromatic carbocycles. The Bertz CT molecular complexity index is 1290. The summed E-state index contributed by atoms with van der Waals surface area (Å²) >= 11 is 12.8. The second-order valence-electron chi connectivity index (χ2n) is 7.65. The molecule has 14 heteroatoms. The van der Waals surface area contributed by atoms with Gasteiger partial charge in [-0.3, -0.25) is 39.8 Å². The molecule has 37 heavy (non-hydrogen) atoms. The lowest BCUT2D eigenvalue weighted by Gasteiger charge is -2.15. The molecule has 2 aromatic heterocycles. The predicted molar refractivity (Wildman–Crippen MR) is 147 cm³/mol. The normalized spacial score (nSPS) is 17.9. The van der Waals surface area contributed by atoms with E-state index in [0.29, 0.717) is 36.4 Å². The van der Waals surface area contributed by atoms with Crippen LogP contribution in [0.2, 0.25) is 0 Å². The third-order valence-electron chi connectivity index (χ3n) is 5.07. The summed E-state index contributed by atoms with van der Waals surface area (Å²) in [5.41, 5.74) is 4.66. The van der Waals surface area contributed by atoms with E-state index in [-0.39, 0.29) is 37.7 Å². The Kier molecular flexibility index (Phi) is 8.97. The zero-order valence-electron chi connectivity index (χ0n) is 19.1. The first-order chi connectivity index (χ1) is 17.8. The summed E-state index contributed by atoms with van der Waals surface area (Å²) in [5.74, 6) is -0.362. The first-order valence-electron chi connectivity index (χ1n) is 11.0. The van der Waals surface area contributed by atoms with Crippen molar-refractivity contribution >= 4 is 92.4 Å². The van der Waals surface area contributed by atoms with Crippen molar-refractivity contribution in [3.63, 3.8) is 0 Å². The Hall–Kier alpha value is -3.20. The Morgan fingerprint density at radius 3 is 1.78 bits per heavy atom. The Morgan fingerprint density at radius 2 is 1.30 bits per heavy atom. The van der Waals surface area contributed by atoms with Gasteiger partial charge in [0.05, 0.1) is 22.3 Å². The minimum atomic E-state index is -0.475. The standard InChI is InChI=1S/C23H20N4O6S4/c28-18(6-1-8-26-20(30)16(36-22(26)34)12-14-4-2-10-32-14)24-25-19(29)7-9-27-21(31)17(37-23(27)35)13-15-5-3-11-33-15/h2-5,10-13H,1,6-9H2,(H,24,28)(H,25,29)/b16-12+,17-13+. The first-order valence-corrected chi connectivity index (χ1v) is 13.4. The zero-order chi connectivity index (χ0) is 26.4. The van der Waals surface area contributed by atoms with Gasteiger partial charge in [0.2, 0.25) is 11.8 Å². The van der Waals surface area contributed by atoms with E-state index in [4.69, 9.17) is 33.3 Å². The van der Waals surface area contributed by atoms with Gasteiger partial charge in [-0.15, -0.1) is 0 Å². The number of amides is 4. The van der Waals surface area contributed by atoms with Gasteiger partial charge in [-0.2, -0.15) is 0 Å². The van der Waals surface area contributed by atoms with Crippen LogP contribution < -0.4 is 10.9 Å². The average molecular weight is 577 g/mol. The van der Waals surface area contributed by atoms with E-state index in [9.17, 15) is 19.2 Å². The summed E-state index contributed by atoms with van der Waals surface area (Å²) < 4.78 is 11.2. The number of nitrogens with one attached hydrogen (secondary N) is 2. The van der Waals surface area contributed by atoms with Gasteiger partial charge in [-0.05, 0) is 30.7 Å². The number of hydrogen-bond donors (Lipinski definition) is 2. The van der Waals surface area contributed by atoms with E-state index in [1.807, 2.05) is 0 Å². The fourth-order valence-corrected chi connectivity index (χ4v) is 5.84. The molecule has 10 nitrogen and oxygen atoms in total. The highest BCUT2D eigenvalue weighted by atomic mass is 32.2. The highest BCUT2D eigenvalue weighted by Crippen LogP contribution is 2.33. The smallest absolute Gasteiger partial charge is 0.266 e. The molecule has 0 spiro atoms. The van der Waals surface area contributed by atoms with Crippen LogP contribution in [0.25, 0.3) is 12.2 Å². The molecule has 2 fully saturated rings. The fraction of sp³-hybridized carbons (Fsp3) is 0.217. The van der Waals surface area contributed by atoms with Crippen LogP contribution in [0.5, 0.6) is 0 Å². The summed E-state index contributed by atoms with van der Waals surface area (Å²) in [7, 11) is 0. The molecule has 2 aliphatic rings. The molecular weight excluding hydrogens is 557 g/mol. The molecular formula is C23H20N4O6S4. The molecule has 0 saturated carbocycles. The van der Waals surface area contributed by atoms with Crippen molar-refractivity contribution in [2.45, 2.75) is 19.3 Å². The Balaban J connectivity index is 1.15. The number of hydrogen-bond acceptors (Lipinski definition) is 10. The highest BCUT2D eigenvalue weighted by molar-refractivity contribution is 8.27. The lowest BCUT2D eigenvalue weighted by molar-refractivity contribution is -0.129. The molecule has 4 heterocycles. The number of hydrazine groups is 1. The zero-order valence-corrected chi connectivity index (χ0v) is 22.4. The van der Waals surface area contributed by atoms with E-state index in [2.05, 4.69) is 10.9 Å². The van der Waals surface area contributed by atoms with Crippen molar-refractivity contribution in [1.29, 1.82) is 0 Å². The van der Waals surface area contributed by atoms with Crippen LogP contribution in [0.15, 0.2) is 55.4 Å². The van der Waals surface area contributed by atoms with E-state index in [0.717, 1.165) is 11.8 Å². The lowest BCUT2D eigenvalue weighted by atomic mass is 10.3. The molecule has 0 radical (unpaired) electrons. The van der Waals surface area contributed by atoms with Gasteiger partial charge >= 0.3 is 0 Å². The topological polar surface area (TPSA) is 125 Å². The molecule has 2 aromatic rings. The second-order valence-corrected chi connectivity index (χ2v) is 11.0. The van der Waals surface area contributed by atoms with Crippen LogP contribution in [0.1, 0.15) is 30.8 Å². The van der Waals surface area contributed by atoms with Crippen molar-refractivity contribution < 1.29 is 28.0 Å². The number of carbonyl (C=O) groups is 4. The maximum atomic E-state index is 12.6. The largest absolute Gasteiger partial charge is 0.465 e. The molecule has 2 saturated heterocycles. The molecule has 4 amide bonds. The van der Waals surface area contributed by atoms with Crippen LogP contribution >= 0.6 is 48.0 Å². The minimum Gasteiger partial charge on any atom is -0.465 e. The summed E-state index contributed by atoms with van der Waals surface area (Å²) in [6.07, 6.45) is 6.60. The molecule has 0 atom stereocenters. The quantitative estimate of drug-likeness (QED) is 0.261. The van der Waals surface area contributed by atoms with Gasteiger partial charge in [-0.1, -0.05) is 48.0 Å². The third-order valence-corrected chi connectivity index (χ3v) is 7.83. The summed E-state index contributed by atoms with van der Waals surface area (Å²) in [6, 6.07) is 6.89. The molecule has 2 N–H and O–H groups in total. The Labute approximate surface area is 230 Å². The van der Waals surface area contributed by atoms with Crippen LogP contribution in [0, 0.1) is 0 Å². The lowest BCUT2D eigenvalue weighted by Crippen LogP contribution is -2.43. The van der Waals surface area contributed by atoms with E-state index in [1.54, 1.807) is 36.4 Å². The van der Waals surface area contributed by atoms with Crippen molar-refractivity contribution in [2.24, 2.45) is 0 Å².